The van der Waals surface area contributed by atoms with Gasteiger partial charge in [0.15, 0.2) is 0 Å². The number of carboxylic acids is 1. The SMILES string of the molecule is O=C(O)C(=O)/C=C(\O)c1cc(Cc2ccc(F)cc2F)cn(Cc2ccccc2F)c1=O. The van der Waals surface area contributed by atoms with Crippen LogP contribution in [0.25, 0.3) is 5.76 Å². The molecule has 1 heterocycles. The minimum absolute atomic E-state index is 0.0820. The molecule has 0 aliphatic heterocycles. The van der Waals surface area contributed by atoms with Gasteiger partial charge in [-0.2, -0.15) is 0 Å². The lowest BCUT2D eigenvalue weighted by molar-refractivity contribution is -0.146. The van der Waals surface area contributed by atoms with E-state index in [-0.39, 0.29) is 29.7 Å². The van der Waals surface area contributed by atoms with Crippen molar-refractivity contribution in [1.29, 1.82) is 0 Å². The minimum Gasteiger partial charge on any atom is -0.507 e. The van der Waals surface area contributed by atoms with Crippen LogP contribution in [0.2, 0.25) is 0 Å². The number of aromatic nitrogens is 1. The van der Waals surface area contributed by atoms with E-state index in [4.69, 9.17) is 5.11 Å². The smallest absolute Gasteiger partial charge is 0.376 e. The zero-order chi connectivity index (χ0) is 23.4. The summed E-state index contributed by atoms with van der Waals surface area (Å²) in [6.45, 7) is -0.252. The van der Waals surface area contributed by atoms with Crippen molar-refractivity contribution in [3.63, 3.8) is 0 Å². The highest BCUT2D eigenvalue weighted by molar-refractivity contribution is 6.38. The lowest BCUT2D eigenvalue weighted by atomic mass is 10.0. The van der Waals surface area contributed by atoms with E-state index in [0.717, 1.165) is 16.7 Å². The maximum atomic E-state index is 14.1. The standard InChI is InChI=1S/C23H16F3NO5/c24-16-6-5-14(19(26)9-16)7-13-8-17(20(28)10-21(29)23(31)32)22(30)27(11-13)12-15-3-1-2-4-18(15)25/h1-6,8-11,28H,7,12H2,(H,31,32)/b20-10-. The zero-order valence-corrected chi connectivity index (χ0v) is 16.4. The molecule has 0 radical (unpaired) electrons. The largest absolute Gasteiger partial charge is 0.507 e. The number of carboxylic acid groups (broad SMARTS) is 1. The highest BCUT2D eigenvalue weighted by Gasteiger charge is 2.17. The highest BCUT2D eigenvalue weighted by Crippen LogP contribution is 2.18. The number of benzene rings is 2. The fourth-order valence-corrected chi connectivity index (χ4v) is 3.05. The van der Waals surface area contributed by atoms with Crippen LogP contribution in [0.15, 0.2) is 65.6 Å². The fourth-order valence-electron chi connectivity index (χ4n) is 3.05. The van der Waals surface area contributed by atoms with E-state index >= 15 is 0 Å². The Labute approximate surface area is 179 Å². The van der Waals surface area contributed by atoms with E-state index in [1.54, 1.807) is 6.07 Å². The predicted molar refractivity (Wildman–Crippen MR) is 109 cm³/mol. The second kappa shape index (κ2) is 9.34. The number of rotatable bonds is 7. The van der Waals surface area contributed by atoms with Crippen LogP contribution >= 0.6 is 0 Å². The molecule has 0 amide bonds. The van der Waals surface area contributed by atoms with Crippen LogP contribution in [0, 0.1) is 17.5 Å². The van der Waals surface area contributed by atoms with E-state index in [0.29, 0.717) is 12.1 Å². The molecule has 2 N–H and O–H groups in total. The molecule has 9 heteroatoms. The number of halogens is 3. The number of nitrogens with zero attached hydrogens (tertiary/aromatic N) is 1. The summed E-state index contributed by atoms with van der Waals surface area (Å²) in [5.74, 6) is -6.41. The van der Waals surface area contributed by atoms with E-state index < -0.39 is 46.1 Å². The Morgan fingerprint density at radius 1 is 0.938 bits per heavy atom. The van der Waals surface area contributed by atoms with Crippen LogP contribution in [0.3, 0.4) is 0 Å². The Morgan fingerprint density at radius 3 is 2.31 bits per heavy atom. The Bertz CT molecular complexity index is 1300. The summed E-state index contributed by atoms with van der Waals surface area (Å²) in [5, 5.41) is 18.9. The molecule has 0 spiro atoms. The summed E-state index contributed by atoms with van der Waals surface area (Å²) in [6.07, 6.45) is 1.55. The van der Waals surface area contributed by atoms with E-state index in [1.165, 1.54) is 30.5 Å². The lowest BCUT2D eigenvalue weighted by Gasteiger charge is -2.13. The number of ketones is 1. The quantitative estimate of drug-likeness (QED) is 0.331. The molecule has 0 aliphatic rings. The lowest BCUT2D eigenvalue weighted by Crippen LogP contribution is -2.25. The molecule has 1 aromatic heterocycles. The number of carbonyl (C=O) groups excluding carboxylic acids is 1. The first kappa shape index (κ1) is 22.5. The van der Waals surface area contributed by atoms with Crippen molar-refractivity contribution < 1.29 is 33.0 Å². The van der Waals surface area contributed by atoms with Crippen molar-refractivity contribution in [2.45, 2.75) is 13.0 Å². The van der Waals surface area contributed by atoms with Gasteiger partial charge in [-0.05, 0) is 29.3 Å². The van der Waals surface area contributed by atoms with Crippen molar-refractivity contribution in [1.82, 2.24) is 4.57 Å². The summed E-state index contributed by atoms with van der Waals surface area (Å²) >= 11 is 0. The van der Waals surface area contributed by atoms with E-state index in [2.05, 4.69) is 0 Å². The molecule has 0 fully saturated rings. The number of aliphatic hydroxyl groups is 1. The maximum Gasteiger partial charge on any atom is 0.376 e. The molecular formula is C23H16F3NO5. The summed E-state index contributed by atoms with van der Waals surface area (Å²) in [4.78, 5) is 35.0. The zero-order valence-electron chi connectivity index (χ0n) is 16.4. The minimum atomic E-state index is -1.84. The summed E-state index contributed by atoms with van der Waals surface area (Å²) in [7, 11) is 0. The number of carbonyl (C=O) groups is 2. The molecule has 0 unspecified atom stereocenters. The van der Waals surface area contributed by atoms with Crippen LogP contribution in [0.5, 0.6) is 0 Å². The second-order valence-electron chi connectivity index (χ2n) is 6.90. The van der Waals surface area contributed by atoms with E-state index in [1.807, 2.05) is 0 Å². The molecule has 164 valence electrons. The van der Waals surface area contributed by atoms with Gasteiger partial charge in [-0.3, -0.25) is 9.59 Å². The number of pyridine rings is 1. The molecule has 3 rings (SSSR count). The predicted octanol–water partition coefficient (Wildman–Crippen LogP) is 3.46. The molecule has 3 aromatic rings. The van der Waals surface area contributed by atoms with Crippen molar-refractivity contribution in [3.8, 4) is 0 Å². The summed E-state index contributed by atoms with van der Waals surface area (Å²) in [5.41, 5.74) is -0.766. The van der Waals surface area contributed by atoms with Gasteiger partial charge in [0.05, 0.1) is 12.1 Å². The van der Waals surface area contributed by atoms with Gasteiger partial charge >= 0.3 is 5.97 Å². The molecule has 0 bridgehead atoms. The topological polar surface area (TPSA) is 96.6 Å². The van der Waals surface area contributed by atoms with Gasteiger partial charge in [0.1, 0.15) is 23.2 Å². The van der Waals surface area contributed by atoms with Gasteiger partial charge in [-0.15, -0.1) is 0 Å². The molecule has 0 saturated heterocycles. The Morgan fingerprint density at radius 2 is 1.66 bits per heavy atom. The third kappa shape index (κ3) is 5.12. The van der Waals surface area contributed by atoms with Gasteiger partial charge < -0.3 is 14.8 Å². The number of hydrogen-bond acceptors (Lipinski definition) is 4. The maximum absolute atomic E-state index is 14.1. The first-order chi connectivity index (χ1) is 15.2. The normalized spacial score (nSPS) is 11.4. The number of aliphatic hydroxyl groups excluding tert-OH is 1. The van der Waals surface area contributed by atoms with Crippen molar-refractivity contribution in [2.75, 3.05) is 0 Å². The Hall–Kier alpha value is -4.14. The molecule has 0 atom stereocenters. The monoisotopic (exact) mass is 443 g/mol. The van der Waals surface area contributed by atoms with Crippen LogP contribution in [-0.2, 0) is 22.6 Å². The number of aliphatic carboxylic acids is 1. The van der Waals surface area contributed by atoms with Gasteiger partial charge in [0, 0.05) is 30.3 Å². The van der Waals surface area contributed by atoms with Crippen LogP contribution in [0.1, 0.15) is 22.3 Å². The first-order valence-corrected chi connectivity index (χ1v) is 9.24. The summed E-state index contributed by atoms with van der Waals surface area (Å²) < 4.78 is 42.4. The third-order valence-electron chi connectivity index (χ3n) is 4.61. The first-order valence-electron chi connectivity index (χ1n) is 9.24. The molecule has 0 saturated carbocycles. The van der Waals surface area contributed by atoms with Crippen LogP contribution in [0.4, 0.5) is 13.2 Å². The Balaban J connectivity index is 2.12. The van der Waals surface area contributed by atoms with Crippen LogP contribution in [-0.4, -0.2) is 26.5 Å². The summed E-state index contributed by atoms with van der Waals surface area (Å²) in [6, 6.07) is 9.77. The molecular weight excluding hydrogens is 427 g/mol. The van der Waals surface area contributed by atoms with Gasteiger partial charge in [0.25, 0.3) is 11.3 Å². The second-order valence-corrected chi connectivity index (χ2v) is 6.90. The van der Waals surface area contributed by atoms with Gasteiger partial charge in [0.2, 0.25) is 0 Å². The van der Waals surface area contributed by atoms with Gasteiger partial charge in [-0.25, -0.2) is 18.0 Å². The molecule has 2 aromatic carbocycles. The van der Waals surface area contributed by atoms with Gasteiger partial charge in [-0.1, -0.05) is 24.3 Å². The van der Waals surface area contributed by atoms with Crippen molar-refractivity contribution in [2.24, 2.45) is 0 Å². The van der Waals surface area contributed by atoms with Crippen molar-refractivity contribution in [3.05, 3.63) is 111 Å². The third-order valence-corrected chi connectivity index (χ3v) is 4.61. The average Bonchev–Trinajstić information content (AvgIpc) is 2.73. The van der Waals surface area contributed by atoms with Crippen molar-refractivity contribution >= 4 is 17.5 Å². The fraction of sp³-hybridized carbons (Fsp3) is 0.0870. The molecule has 6 nitrogen and oxygen atoms in total. The highest BCUT2D eigenvalue weighted by atomic mass is 19.1. The average molecular weight is 443 g/mol. The molecule has 0 aliphatic carbocycles. The number of hydrogen-bond donors (Lipinski definition) is 2. The van der Waals surface area contributed by atoms with E-state index in [9.17, 15) is 32.7 Å². The Kier molecular flexibility index (Phi) is 6.58. The molecule has 32 heavy (non-hydrogen) atoms. The van der Waals surface area contributed by atoms with Crippen LogP contribution < -0.4 is 5.56 Å².